The van der Waals surface area contributed by atoms with E-state index in [1.54, 1.807) is 23.9 Å². The average molecular weight is 394 g/mol. The van der Waals surface area contributed by atoms with Gasteiger partial charge in [0.25, 0.3) is 0 Å². The number of nitrogens with one attached hydrogen (secondary N) is 1. The molecule has 2 aliphatic rings. The molecule has 1 unspecified atom stereocenters. The Bertz CT molecular complexity index is 616. The van der Waals surface area contributed by atoms with Gasteiger partial charge in [0.2, 0.25) is 11.0 Å². The molecule has 146 valence electrons. The Balaban J connectivity index is 0.000000298. The van der Waals surface area contributed by atoms with Gasteiger partial charge in [-0.15, -0.1) is 10.2 Å². The second-order valence-corrected chi connectivity index (χ2v) is 7.38. The van der Waals surface area contributed by atoms with Crippen LogP contribution in [0.3, 0.4) is 0 Å². The minimum atomic E-state index is -5.08. The molecule has 7 nitrogen and oxygen atoms in total. The van der Waals surface area contributed by atoms with Gasteiger partial charge in [-0.05, 0) is 37.5 Å². The molecule has 0 aromatic carbocycles. The third-order valence-corrected chi connectivity index (χ3v) is 5.76. The van der Waals surface area contributed by atoms with E-state index in [4.69, 9.17) is 9.90 Å². The molecule has 26 heavy (non-hydrogen) atoms. The normalized spacial score (nSPS) is 21.8. The Hall–Kier alpha value is -1.91. The number of hydrogen-bond acceptors (Lipinski definition) is 6. The molecule has 11 heteroatoms. The minimum absolute atomic E-state index is 0.225. The van der Waals surface area contributed by atoms with Crippen molar-refractivity contribution in [1.29, 1.82) is 0 Å². The number of aromatic nitrogens is 2. The second kappa shape index (κ2) is 8.19. The number of alkyl halides is 3. The SMILES string of the molecule is CNC(=O)C1CCC2(CCN(c3nncs3)CC2)C1.O=C(O)C(F)(F)F. The maximum Gasteiger partial charge on any atom is 0.490 e. The van der Waals surface area contributed by atoms with Crippen LogP contribution < -0.4 is 10.2 Å². The smallest absolute Gasteiger partial charge is 0.475 e. The molecule has 1 spiro atoms. The average Bonchev–Trinajstić information content (AvgIpc) is 3.25. The summed E-state index contributed by atoms with van der Waals surface area (Å²) in [5.74, 6) is -2.30. The van der Waals surface area contributed by atoms with E-state index in [9.17, 15) is 18.0 Å². The number of piperidine rings is 1. The highest BCUT2D eigenvalue weighted by molar-refractivity contribution is 7.13. The van der Waals surface area contributed by atoms with Crippen molar-refractivity contribution in [1.82, 2.24) is 15.5 Å². The summed E-state index contributed by atoms with van der Waals surface area (Å²) < 4.78 is 31.7. The van der Waals surface area contributed by atoms with Gasteiger partial charge in [0.15, 0.2) is 0 Å². The van der Waals surface area contributed by atoms with Crippen molar-refractivity contribution >= 4 is 28.3 Å². The summed E-state index contributed by atoms with van der Waals surface area (Å²) in [6, 6.07) is 0. The van der Waals surface area contributed by atoms with Crippen molar-refractivity contribution in [3.63, 3.8) is 0 Å². The number of nitrogens with zero attached hydrogens (tertiary/aromatic N) is 3. The van der Waals surface area contributed by atoms with Crippen LogP contribution in [0.25, 0.3) is 0 Å². The maximum absolute atomic E-state index is 11.8. The number of rotatable bonds is 2. The molecular formula is C15H21F3N4O3S. The van der Waals surface area contributed by atoms with E-state index in [2.05, 4.69) is 20.4 Å². The van der Waals surface area contributed by atoms with E-state index in [1.807, 2.05) is 0 Å². The lowest BCUT2D eigenvalue weighted by Crippen LogP contribution is -2.39. The van der Waals surface area contributed by atoms with Crippen molar-refractivity contribution < 1.29 is 27.9 Å². The molecule has 2 heterocycles. The number of halogens is 3. The highest BCUT2D eigenvalue weighted by Crippen LogP contribution is 2.49. The predicted molar refractivity (Wildman–Crippen MR) is 88.9 cm³/mol. The molecule has 1 aliphatic heterocycles. The summed E-state index contributed by atoms with van der Waals surface area (Å²) >= 11 is 1.61. The number of anilines is 1. The number of amides is 1. The van der Waals surface area contributed by atoms with E-state index in [1.165, 1.54) is 19.3 Å². The van der Waals surface area contributed by atoms with Crippen LogP contribution in [-0.2, 0) is 9.59 Å². The highest BCUT2D eigenvalue weighted by Gasteiger charge is 2.43. The summed E-state index contributed by atoms with van der Waals surface area (Å²) in [4.78, 5) is 23.0. The zero-order valence-electron chi connectivity index (χ0n) is 14.3. The molecule has 0 bridgehead atoms. The topological polar surface area (TPSA) is 95.4 Å². The Labute approximate surface area is 152 Å². The lowest BCUT2D eigenvalue weighted by atomic mass is 9.76. The number of aliphatic carboxylic acids is 1. The third-order valence-electron chi connectivity index (χ3n) is 5.01. The molecule has 1 amide bonds. The minimum Gasteiger partial charge on any atom is -0.475 e. The van der Waals surface area contributed by atoms with Crippen LogP contribution in [0.15, 0.2) is 5.51 Å². The summed E-state index contributed by atoms with van der Waals surface area (Å²) in [6.07, 6.45) is 0.601. The summed E-state index contributed by atoms with van der Waals surface area (Å²) in [6.45, 7) is 2.10. The van der Waals surface area contributed by atoms with Gasteiger partial charge in [0.05, 0.1) is 0 Å². The van der Waals surface area contributed by atoms with E-state index in [0.717, 1.165) is 31.1 Å². The van der Waals surface area contributed by atoms with Crippen molar-refractivity contribution in [2.45, 2.75) is 38.3 Å². The number of carbonyl (C=O) groups excluding carboxylic acids is 1. The molecule has 2 fully saturated rings. The van der Waals surface area contributed by atoms with E-state index >= 15 is 0 Å². The zero-order chi connectivity index (χ0) is 19.4. The summed E-state index contributed by atoms with van der Waals surface area (Å²) in [5.41, 5.74) is 2.19. The van der Waals surface area contributed by atoms with E-state index in [0.29, 0.717) is 5.41 Å². The van der Waals surface area contributed by atoms with Gasteiger partial charge in [-0.25, -0.2) is 4.79 Å². The Morgan fingerprint density at radius 3 is 2.42 bits per heavy atom. The van der Waals surface area contributed by atoms with E-state index in [-0.39, 0.29) is 11.8 Å². The Morgan fingerprint density at radius 2 is 1.96 bits per heavy atom. The van der Waals surface area contributed by atoms with Gasteiger partial charge in [0, 0.05) is 26.1 Å². The summed E-state index contributed by atoms with van der Waals surface area (Å²) in [7, 11) is 1.74. The molecule has 1 saturated heterocycles. The second-order valence-electron chi connectivity index (χ2n) is 6.57. The first kappa shape index (κ1) is 20.4. The number of carboxylic acid groups (broad SMARTS) is 1. The van der Waals surface area contributed by atoms with Crippen molar-refractivity contribution in [2.75, 3.05) is 25.0 Å². The lowest BCUT2D eigenvalue weighted by molar-refractivity contribution is -0.192. The van der Waals surface area contributed by atoms with Gasteiger partial charge in [-0.2, -0.15) is 13.2 Å². The van der Waals surface area contributed by atoms with Crippen molar-refractivity contribution in [3.05, 3.63) is 5.51 Å². The van der Waals surface area contributed by atoms with Crippen LogP contribution in [0.2, 0.25) is 0 Å². The van der Waals surface area contributed by atoms with Gasteiger partial charge in [-0.3, -0.25) is 4.79 Å². The quantitative estimate of drug-likeness (QED) is 0.799. The fourth-order valence-electron chi connectivity index (χ4n) is 3.57. The first-order chi connectivity index (χ1) is 12.2. The first-order valence-corrected chi connectivity index (χ1v) is 9.08. The molecule has 1 aromatic heterocycles. The predicted octanol–water partition coefficient (Wildman–Crippen LogP) is 2.30. The standard InChI is InChI=1S/C13H20N4OS.C2HF3O2/c1-14-11(18)10-2-3-13(8-10)4-6-17(7-5-13)12-16-15-9-19-12;3-2(4,5)1(6)7/h9-10H,2-8H2,1H3,(H,14,18);(H,6,7). The Morgan fingerprint density at radius 1 is 1.35 bits per heavy atom. The number of carbonyl (C=O) groups is 2. The van der Waals surface area contributed by atoms with Crippen LogP contribution in [-0.4, -0.2) is 53.5 Å². The molecule has 1 atom stereocenters. The molecule has 1 aromatic rings. The van der Waals surface area contributed by atoms with Gasteiger partial charge >= 0.3 is 12.1 Å². The molecule has 1 saturated carbocycles. The van der Waals surface area contributed by atoms with Crippen LogP contribution in [0.4, 0.5) is 18.3 Å². The van der Waals surface area contributed by atoms with Crippen molar-refractivity contribution in [3.8, 4) is 0 Å². The Kier molecular flexibility index (Phi) is 6.43. The number of carboxylic acids is 1. The molecule has 0 radical (unpaired) electrons. The largest absolute Gasteiger partial charge is 0.490 e. The highest BCUT2D eigenvalue weighted by atomic mass is 32.1. The number of hydrogen-bond donors (Lipinski definition) is 2. The maximum atomic E-state index is 11.8. The molecular weight excluding hydrogens is 373 g/mol. The molecule has 1 aliphatic carbocycles. The monoisotopic (exact) mass is 394 g/mol. The molecule has 2 N–H and O–H groups in total. The third kappa shape index (κ3) is 5.05. The van der Waals surface area contributed by atoms with Crippen molar-refractivity contribution in [2.24, 2.45) is 11.3 Å². The van der Waals surface area contributed by atoms with Gasteiger partial charge in [-0.1, -0.05) is 11.3 Å². The fraction of sp³-hybridized carbons (Fsp3) is 0.733. The van der Waals surface area contributed by atoms with Gasteiger partial charge in [0.1, 0.15) is 5.51 Å². The zero-order valence-corrected chi connectivity index (χ0v) is 15.1. The molecule has 3 rings (SSSR count). The van der Waals surface area contributed by atoms with E-state index < -0.39 is 12.1 Å². The van der Waals surface area contributed by atoms with Crippen LogP contribution >= 0.6 is 11.3 Å². The van der Waals surface area contributed by atoms with Crippen LogP contribution in [0.5, 0.6) is 0 Å². The lowest BCUT2D eigenvalue weighted by Gasteiger charge is -2.39. The van der Waals surface area contributed by atoms with Gasteiger partial charge < -0.3 is 15.3 Å². The first-order valence-electron chi connectivity index (χ1n) is 8.20. The van der Waals surface area contributed by atoms with Crippen LogP contribution in [0.1, 0.15) is 32.1 Å². The summed E-state index contributed by atoms with van der Waals surface area (Å²) in [5, 5.41) is 19.0. The van der Waals surface area contributed by atoms with Crippen LogP contribution in [0, 0.1) is 11.3 Å². The fourth-order valence-corrected chi connectivity index (χ4v) is 4.18.